The zero-order valence-electron chi connectivity index (χ0n) is 12.5. The van der Waals surface area contributed by atoms with E-state index in [0.29, 0.717) is 6.61 Å². The van der Waals surface area contributed by atoms with Crippen LogP contribution in [0.2, 0.25) is 0 Å². The molecule has 0 aliphatic carbocycles. The Morgan fingerprint density at radius 1 is 0.913 bits per heavy atom. The lowest BCUT2D eigenvalue weighted by Gasteiger charge is -2.12. The van der Waals surface area contributed by atoms with E-state index in [2.05, 4.69) is 34.0 Å². The van der Waals surface area contributed by atoms with Gasteiger partial charge >= 0.3 is 0 Å². The van der Waals surface area contributed by atoms with Crippen molar-refractivity contribution in [3.05, 3.63) is 88.4 Å². The second-order valence-corrected chi connectivity index (χ2v) is 6.06. The molecule has 0 aliphatic rings. The third-order valence-corrected chi connectivity index (χ3v) is 3.96. The fourth-order valence-corrected chi connectivity index (χ4v) is 2.89. The Morgan fingerprint density at radius 2 is 1.65 bits per heavy atom. The lowest BCUT2D eigenvalue weighted by molar-refractivity contribution is 0.307. The van der Waals surface area contributed by atoms with Crippen LogP contribution in [0.1, 0.15) is 11.1 Å². The molecule has 23 heavy (non-hydrogen) atoms. The molecule has 3 rings (SSSR count). The van der Waals surface area contributed by atoms with Gasteiger partial charge in [-0.15, -0.1) is 6.42 Å². The molecule has 0 spiro atoms. The van der Waals surface area contributed by atoms with E-state index in [1.165, 1.54) is 0 Å². The standard InChI is InChI=1S/C21H15BrO/c1-2-16-12-18(14-19(22)13-16)20-10-6-7-11-21(20)23-15-17-8-4-3-5-9-17/h1,3-14H,15H2. The molecule has 3 aromatic carbocycles. The Morgan fingerprint density at radius 3 is 2.43 bits per heavy atom. The molecule has 0 saturated carbocycles. The molecule has 0 fully saturated rings. The van der Waals surface area contributed by atoms with Crippen molar-refractivity contribution in [2.75, 3.05) is 0 Å². The lowest BCUT2D eigenvalue weighted by atomic mass is 10.0. The third kappa shape index (κ3) is 3.83. The van der Waals surface area contributed by atoms with E-state index in [0.717, 1.165) is 32.5 Å². The van der Waals surface area contributed by atoms with E-state index in [9.17, 15) is 0 Å². The second-order valence-electron chi connectivity index (χ2n) is 5.14. The molecule has 0 unspecified atom stereocenters. The Kier molecular flexibility index (Phi) is 4.80. The summed E-state index contributed by atoms with van der Waals surface area (Å²) in [5, 5.41) is 0. The number of rotatable bonds is 4. The van der Waals surface area contributed by atoms with Gasteiger partial charge in [-0.05, 0) is 35.4 Å². The summed E-state index contributed by atoms with van der Waals surface area (Å²) in [6.07, 6.45) is 5.54. The van der Waals surface area contributed by atoms with Gasteiger partial charge in [-0.1, -0.05) is 70.4 Å². The van der Waals surface area contributed by atoms with Crippen molar-refractivity contribution in [3.8, 4) is 29.2 Å². The summed E-state index contributed by atoms with van der Waals surface area (Å²) in [6, 6.07) is 24.1. The van der Waals surface area contributed by atoms with Gasteiger partial charge in [0.05, 0.1) is 0 Å². The van der Waals surface area contributed by atoms with Gasteiger partial charge in [-0.25, -0.2) is 0 Å². The van der Waals surface area contributed by atoms with E-state index >= 15 is 0 Å². The Hall–Kier alpha value is -2.50. The Labute approximate surface area is 145 Å². The van der Waals surface area contributed by atoms with Crippen LogP contribution in [0.3, 0.4) is 0 Å². The molecule has 0 bridgehead atoms. The first-order valence-electron chi connectivity index (χ1n) is 7.29. The van der Waals surface area contributed by atoms with Gasteiger partial charge in [0.15, 0.2) is 0 Å². The molecule has 0 saturated heterocycles. The summed E-state index contributed by atoms with van der Waals surface area (Å²) < 4.78 is 6.98. The molecular formula is C21H15BrO. The van der Waals surface area contributed by atoms with Gasteiger partial charge in [-0.2, -0.15) is 0 Å². The second kappa shape index (κ2) is 7.17. The van der Waals surface area contributed by atoms with E-state index in [1.54, 1.807) is 0 Å². The van der Waals surface area contributed by atoms with Crippen LogP contribution >= 0.6 is 15.9 Å². The van der Waals surface area contributed by atoms with Gasteiger partial charge in [-0.3, -0.25) is 0 Å². The summed E-state index contributed by atoms with van der Waals surface area (Å²) in [5.74, 6) is 3.53. The van der Waals surface area contributed by atoms with Crippen molar-refractivity contribution < 1.29 is 4.74 Å². The topological polar surface area (TPSA) is 9.23 Å². The summed E-state index contributed by atoms with van der Waals surface area (Å²) >= 11 is 3.51. The molecule has 0 amide bonds. The average molecular weight is 363 g/mol. The maximum Gasteiger partial charge on any atom is 0.127 e. The fourth-order valence-electron chi connectivity index (χ4n) is 2.39. The number of halogens is 1. The molecule has 112 valence electrons. The normalized spacial score (nSPS) is 10.1. The first kappa shape index (κ1) is 15.4. The Bertz CT molecular complexity index is 847. The quantitative estimate of drug-likeness (QED) is 0.542. The number of hydrogen-bond acceptors (Lipinski definition) is 1. The third-order valence-electron chi connectivity index (χ3n) is 3.50. The minimum Gasteiger partial charge on any atom is -0.488 e. The number of hydrogen-bond donors (Lipinski definition) is 0. The zero-order valence-corrected chi connectivity index (χ0v) is 14.1. The van der Waals surface area contributed by atoms with Crippen LogP contribution in [0.5, 0.6) is 5.75 Å². The van der Waals surface area contributed by atoms with E-state index < -0.39 is 0 Å². The van der Waals surface area contributed by atoms with Gasteiger partial charge in [0.1, 0.15) is 12.4 Å². The lowest BCUT2D eigenvalue weighted by Crippen LogP contribution is -1.96. The van der Waals surface area contributed by atoms with Crippen LogP contribution < -0.4 is 4.74 Å². The SMILES string of the molecule is C#Cc1cc(Br)cc(-c2ccccc2OCc2ccccc2)c1. The van der Waals surface area contributed by atoms with Crippen molar-refractivity contribution in [1.29, 1.82) is 0 Å². The maximum absolute atomic E-state index is 6.02. The highest BCUT2D eigenvalue weighted by Crippen LogP contribution is 2.32. The zero-order chi connectivity index (χ0) is 16.1. The summed E-state index contributed by atoms with van der Waals surface area (Å²) in [7, 11) is 0. The molecule has 0 N–H and O–H groups in total. The van der Waals surface area contributed by atoms with Crippen LogP contribution in [0.25, 0.3) is 11.1 Å². The molecular weight excluding hydrogens is 348 g/mol. The first-order chi connectivity index (χ1) is 11.3. The molecule has 0 atom stereocenters. The average Bonchev–Trinajstić information content (AvgIpc) is 2.60. The number of para-hydroxylation sites is 1. The minimum atomic E-state index is 0.536. The van der Waals surface area contributed by atoms with E-state index in [-0.39, 0.29) is 0 Å². The number of ether oxygens (including phenoxy) is 1. The van der Waals surface area contributed by atoms with Crippen molar-refractivity contribution in [2.24, 2.45) is 0 Å². The smallest absolute Gasteiger partial charge is 0.127 e. The predicted molar refractivity (Wildman–Crippen MR) is 98.3 cm³/mol. The van der Waals surface area contributed by atoms with Crippen molar-refractivity contribution >= 4 is 15.9 Å². The highest BCUT2D eigenvalue weighted by molar-refractivity contribution is 9.10. The first-order valence-corrected chi connectivity index (χ1v) is 8.09. The van der Waals surface area contributed by atoms with Crippen LogP contribution in [-0.4, -0.2) is 0 Å². The summed E-state index contributed by atoms with van der Waals surface area (Å²) in [5.41, 5.74) is 4.05. The van der Waals surface area contributed by atoms with Crippen LogP contribution in [0.4, 0.5) is 0 Å². The van der Waals surface area contributed by atoms with Gasteiger partial charge in [0, 0.05) is 15.6 Å². The van der Waals surface area contributed by atoms with Crippen molar-refractivity contribution in [2.45, 2.75) is 6.61 Å². The van der Waals surface area contributed by atoms with Gasteiger partial charge in [0.2, 0.25) is 0 Å². The molecule has 3 aromatic rings. The highest BCUT2D eigenvalue weighted by atomic mass is 79.9. The predicted octanol–water partition coefficient (Wildman–Crippen LogP) is 5.68. The summed E-state index contributed by atoms with van der Waals surface area (Å²) in [4.78, 5) is 0. The largest absolute Gasteiger partial charge is 0.488 e. The molecule has 0 radical (unpaired) electrons. The van der Waals surface area contributed by atoms with Crippen LogP contribution in [-0.2, 0) is 6.61 Å². The minimum absolute atomic E-state index is 0.536. The molecule has 2 heteroatoms. The van der Waals surface area contributed by atoms with Crippen LogP contribution in [0.15, 0.2) is 77.3 Å². The molecule has 0 heterocycles. The summed E-state index contributed by atoms with van der Waals surface area (Å²) in [6.45, 7) is 0.536. The van der Waals surface area contributed by atoms with Crippen molar-refractivity contribution in [3.63, 3.8) is 0 Å². The van der Waals surface area contributed by atoms with Gasteiger partial charge < -0.3 is 4.74 Å². The van der Waals surface area contributed by atoms with Crippen molar-refractivity contribution in [1.82, 2.24) is 0 Å². The number of terminal acetylenes is 1. The monoisotopic (exact) mass is 362 g/mol. The molecule has 0 aliphatic heterocycles. The fraction of sp³-hybridized carbons (Fsp3) is 0.0476. The highest BCUT2D eigenvalue weighted by Gasteiger charge is 2.08. The van der Waals surface area contributed by atoms with E-state index in [1.807, 2.05) is 60.7 Å². The Balaban J connectivity index is 1.92. The maximum atomic E-state index is 6.02. The van der Waals surface area contributed by atoms with E-state index in [4.69, 9.17) is 11.2 Å². The van der Waals surface area contributed by atoms with Gasteiger partial charge in [0.25, 0.3) is 0 Å². The van der Waals surface area contributed by atoms with Crippen LogP contribution in [0, 0.1) is 12.3 Å². The number of benzene rings is 3. The molecule has 0 aromatic heterocycles. The molecule has 1 nitrogen and oxygen atoms in total.